The summed E-state index contributed by atoms with van der Waals surface area (Å²) in [7, 11) is 3.62. The Morgan fingerprint density at radius 1 is 1.25 bits per heavy atom. The monoisotopic (exact) mass is 390 g/mol. The van der Waals surface area contributed by atoms with Gasteiger partial charge in [0.05, 0.1) is 12.1 Å². The fraction of sp³-hybridized carbons (Fsp3) is 0.235. The van der Waals surface area contributed by atoms with Crippen LogP contribution in [0.5, 0.6) is 0 Å². The van der Waals surface area contributed by atoms with Crippen LogP contribution in [0, 0.1) is 6.92 Å². The number of anilines is 2. The van der Waals surface area contributed by atoms with Crippen molar-refractivity contribution in [3.63, 3.8) is 0 Å². The first-order valence-corrected chi connectivity index (χ1v) is 8.14. The predicted octanol–water partition coefficient (Wildman–Crippen LogP) is 2.59. The molecule has 0 aliphatic rings. The number of hydrogen-bond donors (Lipinski definition) is 2. The van der Waals surface area contributed by atoms with E-state index >= 15 is 0 Å². The second-order valence-electron chi connectivity index (χ2n) is 5.46. The van der Waals surface area contributed by atoms with Crippen LogP contribution >= 0.6 is 15.9 Å². The highest BCUT2D eigenvalue weighted by Crippen LogP contribution is 2.20. The predicted molar refractivity (Wildman–Crippen MR) is 98.4 cm³/mol. The molecule has 0 atom stereocenters. The summed E-state index contributed by atoms with van der Waals surface area (Å²) in [5.74, 6) is -0.0716. The van der Waals surface area contributed by atoms with Crippen molar-refractivity contribution >= 4 is 39.2 Å². The van der Waals surface area contributed by atoms with E-state index in [4.69, 9.17) is 0 Å². The van der Waals surface area contributed by atoms with Crippen molar-refractivity contribution in [3.05, 3.63) is 52.1 Å². The first kappa shape index (κ1) is 17.9. The molecule has 0 bridgehead atoms. The Kier molecular flexibility index (Phi) is 5.92. The molecule has 0 unspecified atom stereocenters. The molecule has 2 aromatic rings. The average Bonchev–Trinajstić information content (AvgIpc) is 2.55. The normalized spacial score (nSPS) is 10.2. The van der Waals surface area contributed by atoms with E-state index in [1.807, 2.05) is 39.2 Å². The maximum absolute atomic E-state index is 12.3. The molecule has 6 nitrogen and oxygen atoms in total. The van der Waals surface area contributed by atoms with E-state index < -0.39 is 0 Å². The zero-order valence-corrected chi connectivity index (χ0v) is 15.3. The third kappa shape index (κ3) is 4.55. The van der Waals surface area contributed by atoms with Gasteiger partial charge < -0.3 is 15.5 Å². The Balaban J connectivity index is 1.98. The number of nitrogens with zero attached hydrogens (tertiary/aromatic N) is 2. The van der Waals surface area contributed by atoms with E-state index in [2.05, 4.69) is 31.5 Å². The van der Waals surface area contributed by atoms with E-state index in [1.54, 1.807) is 23.2 Å². The molecular formula is C17H19BrN4O2. The first-order chi connectivity index (χ1) is 11.4. The Morgan fingerprint density at radius 2 is 2.00 bits per heavy atom. The molecule has 2 rings (SSSR count). The second-order valence-corrected chi connectivity index (χ2v) is 6.37. The molecule has 0 aliphatic carbocycles. The van der Waals surface area contributed by atoms with Gasteiger partial charge in [0.2, 0.25) is 5.91 Å². The third-order valence-corrected chi connectivity index (χ3v) is 3.82. The van der Waals surface area contributed by atoms with Gasteiger partial charge in [-0.1, -0.05) is 15.9 Å². The molecule has 126 valence electrons. The Morgan fingerprint density at radius 3 is 2.67 bits per heavy atom. The smallest absolute Gasteiger partial charge is 0.255 e. The number of halogens is 1. The fourth-order valence-electron chi connectivity index (χ4n) is 2.15. The summed E-state index contributed by atoms with van der Waals surface area (Å²) in [5, 5.41) is 5.40. The van der Waals surface area contributed by atoms with Crippen LogP contribution in [0.25, 0.3) is 0 Å². The summed E-state index contributed by atoms with van der Waals surface area (Å²) in [6.07, 6.45) is 1.62. The molecule has 2 amide bonds. The minimum Gasteiger partial charge on any atom is -0.362 e. The van der Waals surface area contributed by atoms with Gasteiger partial charge in [-0.3, -0.25) is 9.59 Å². The number of aryl methyl sites for hydroxylation is 1. The van der Waals surface area contributed by atoms with Crippen molar-refractivity contribution in [1.82, 2.24) is 10.3 Å². The number of carbonyl (C=O) groups excluding carboxylic acids is 2. The molecule has 7 heteroatoms. The van der Waals surface area contributed by atoms with Gasteiger partial charge in [0.25, 0.3) is 5.91 Å². The van der Waals surface area contributed by atoms with Gasteiger partial charge in [0, 0.05) is 30.5 Å². The summed E-state index contributed by atoms with van der Waals surface area (Å²) >= 11 is 3.38. The van der Waals surface area contributed by atoms with Crippen LogP contribution in [0.1, 0.15) is 15.9 Å². The van der Waals surface area contributed by atoms with Crippen LogP contribution in [-0.2, 0) is 4.79 Å². The number of rotatable bonds is 5. The summed E-state index contributed by atoms with van der Waals surface area (Å²) < 4.78 is 0.944. The maximum Gasteiger partial charge on any atom is 0.255 e. The lowest BCUT2D eigenvalue weighted by molar-refractivity contribution is -0.115. The molecule has 0 fully saturated rings. The Bertz CT molecular complexity index is 762. The van der Waals surface area contributed by atoms with Gasteiger partial charge in [0.15, 0.2) is 0 Å². The lowest BCUT2D eigenvalue weighted by atomic mass is 10.2. The minimum absolute atomic E-state index is 0.115. The number of hydrogen-bond acceptors (Lipinski definition) is 4. The van der Waals surface area contributed by atoms with Crippen LogP contribution < -0.4 is 15.5 Å². The topological polar surface area (TPSA) is 74.3 Å². The standard InChI is InChI=1S/C17H19BrN4O2/c1-11-9-12(18)6-7-14(11)21-15(23)10-20-17(24)13-5-4-8-19-16(13)22(2)3/h4-9H,10H2,1-3H3,(H,20,24)(H,21,23). The lowest BCUT2D eigenvalue weighted by Crippen LogP contribution is -2.34. The number of amides is 2. The molecular weight excluding hydrogens is 372 g/mol. The van der Waals surface area contributed by atoms with E-state index in [0.29, 0.717) is 17.1 Å². The largest absolute Gasteiger partial charge is 0.362 e. The van der Waals surface area contributed by atoms with Gasteiger partial charge in [-0.25, -0.2) is 4.98 Å². The Labute approximate surface area is 149 Å². The second kappa shape index (κ2) is 7.92. The molecule has 0 spiro atoms. The quantitative estimate of drug-likeness (QED) is 0.822. The van der Waals surface area contributed by atoms with Crippen molar-refractivity contribution in [2.45, 2.75) is 6.92 Å². The molecule has 1 heterocycles. The van der Waals surface area contributed by atoms with E-state index in [9.17, 15) is 9.59 Å². The van der Waals surface area contributed by atoms with E-state index in [-0.39, 0.29) is 18.4 Å². The molecule has 2 N–H and O–H groups in total. The summed E-state index contributed by atoms with van der Waals surface area (Å²) in [6.45, 7) is 1.79. The van der Waals surface area contributed by atoms with Crippen LogP contribution in [-0.4, -0.2) is 37.4 Å². The zero-order valence-electron chi connectivity index (χ0n) is 13.8. The van der Waals surface area contributed by atoms with Gasteiger partial charge >= 0.3 is 0 Å². The number of pyridine rings is 1. The minimum atomic E-state index is -0.338. The third-order valence-electron chi connectivity index (χ3n) is 3.33. The van der Waals surface area contributed by atoms with Gasteiger partial charge in [-0.15, -0.1) is 0 Å². The number of aromatic nitrogens is 1. The van der Waals surface area contributed by atoms with Crippen LogP contribution in [0.3, 0.4) is 0 Å². The number of carbonyl (C=O) groups is 2. The summed E-state index contributed by atoms with van der Waals surface area (Å²) in [5.41, 5.74) is 2.08. The summed E-state index contributed by atoms with van der Waals surface area (Å²) in [6, 6.07) is 8.93. The van der Waals surface area contributed by atoms with E-state index in [0.717, 1.165) is 10.0 Å². The fourth-order valence-corrected chi connectivity index (χ4v) is 2.62. The van der Waals surface area contributed by atoms with Gasteiger partial charge in [-0.2, -0.15) is 0 Å². The molecule has 0 saturated heterocycles. The number of nitrogens with one attached hydrogen (secondary N) is 2. The average molecular weight is 391 g/mol. The first-order valence-electron chi connectivity index (χ1n) is 7.35. The van der Waals surface area contributed by atoms with Crippen molar-refractivity contribution in [2.75, 3.05) is 30.9 Å². The SMILES string of the molecule is Cc1cc(Br)ccc1NC(=O)CNC(=O)c1cccnc1N(C)C. The molecule has 1 aromatic carbocycles. The zero-order chi connectivity index (χ0) is 17.7. The van der Waals surface area contributed by atoms with Crippen molar-refractivity contribution < 1.29 is 9.59 Å². The van der Waals surface area contributed by atoms with Gasteiger partial charge in [0.1, 0.15) is 5.82 Å². The number of benzene rings is 1. The van der Waals surface area contributed by atoms with Crippen LogP contribution in [0.2, 0.25) is 0 Å². The van der Waals surface area contributed by atoms with Crippen molar-refractivity contribution in [2.24, 2.45) is 0 Å². The molecule has 1 aromatic heterocycles. The van der Waals surface area contributed by atoms with Crippen molar-refractivity contribution in [1.29, 1.82) is 0 Å². The van der Waals surface area contributed by atoms with Crippen LogP contribution in [0.4, 0.5) is 11.5 Å². The highest BCUT2D eigenvalue weighted by molar-refractivity contribution is 9.10. The van der Waals surface area contributed by atoms with Gasteiger partial charge in [-0.05, 0) is 42.8 Å². The molecule has 0 radical (unpaired) electrons. The maximum atomic E-state index is 12.3. The Hall–Kier alpha value is -2.41. The highest BCUT2D eigenvalue weighted by Gasteiger charge is 2.14. The molecule has 0 aliphatic heterocycles. The van der Waals surface area contributed by atoms with Crippen molar-refractivity contribution in [3.8, 4) is 0 Å². The molecule has 0 saturated carbocycles. The molecule has 24 heavy (non-hydrogen) atoms. The highest BCUT2D eigenvalue weighted by atomic mass is 79.9. The lowest BCUT2D eigenvalue weighted by Gasteiger charge is -2.15. The van der Waals surface area contributed by atoms with E-state index in [1.165, 1.54) is 0 Å². The summed E-state index contributed by atoms with van der Waals surface area (Å²) in [4.78, 5) is 30.2. The van der Waals surface area contributed by atoms with Crippen LogP contribution in [0.15, 0.2) is 41.0 Å².